The molecule has 0 radical (unpaired) electrons. The number of amides is 1. The molecule has 0 saturated heterocycles. The van der Waals surface area contributed by atoms with Crippen LogP contribution in [0.4, 0.5) is 0 Å². The van der Waals surface area contributed by atoms with E-state index in [1.54, 1.807) is 6.20 Å². The van der Waals surface area contributed by atoms with Crippen molar-refractivity contribution < 1.29 is 4.79 Å². The molecule has 0 unspecified atom stereocenters. The van der Waals surface area contributed by atoms with Crippen molar-refractivity contribution >= 4 is 5.91 Å². The minimum absolute atomic E-state index is 0.0480. The van der Waals surface area contributed by atoms with Crippen LogP contribution in [0, 0.1) is 0 Å². The van der Waals surface area contributed by atoms with Gasteiger partial charge in [0.1, 0.15) is 0 Å². The second kappa shape index (κ2) is 4.89. The molecule has 1 amide bonds. The van der Waals surface area contributed by atoms with Crippen LogP contribution in [-0.4, -0.2) is 16.4 Å². The Labute approximate surface area is 89.9 Å². The number of nitrogens with zero attached hydrogens (tertiary/aromatic N) is 1. The summed E-state index contributed by atoms with van der Waals surface area (Å²) in [4.78, 5) is 15.5. The molecule has 15 heavy (non-hydrogen) atoms. The number of nitrogens with one attached hydrogen (secondary N) is 1. The zero-order chi connectivity index (χ0) is 11.3. The predicted octanol–water partition coefficient (Wildman–Crippen LogP) is 0.825. The van der Waals surface area contributed by atoms with Crippen molar-refractivity contribution in [2.45, 2.75) is 32.4 Å². The summed E-state index contributed by atoms with van der Waals surface area (Å²) >= 11 is 0. The maximum absolute atomic E-state index is 11.4. The SMILES string of the molecule is CC(C)(N)CC(=O)NCc1ccccn1. The molecule has 4 nitrogen and oxygen atoms in total. The van der Waals surface area contributed by atoms with Crippen molar-refractivity contribution in [2.24, 2.45) is 5.73 Å². The summed E-state index contributed by atoms with van der Waals surface area (Å²) in [6.45, 7) is 4.11. The lowest BCUT2D eigenvalue weighted by Crippen LogP contribution is -2.38. The van der Waals surface area contributed by atoms with E-state index in [4.69, 9.17) is 5.73 Å². The molecule has 1 rings (SSSR count). The van der Waals surface area contributed by atoms with E-state index < -0.39 is 5.54 Å². The Morgan fingerprint density at radius 2 is 2.27 bits per heavy atom. The quantitative estimate of drug-likeness (QED) is 0.768. The zero-order valence-corrected chi connectivity index (χ0v) is 9.16. The smallest absolute Gasteiger partial charge is 0.222 e. The monoisotopic (exact) mass is 207 g/mol. The molecule has 0 aliphatic rings. The highest BCUT2D eigenvalue weighted by molar-refractivity contribution is 5.76. The molecule has 0 spiro atoms. The van der Waals surface area contributed by atoms with Gasteiger partial charge in [0.15, 0.2) is 0 Å². The van der Waals surface area contributed by atoms with Gasteiger partial charge in [-0.25, -0.2) is 0 Å². The second-order valence-corrected chi connectivity index (χ2v) is 4.26. The van der Waals surface area contributed by atoms with Gasteiger partial charge in [-0.15, -0.1) is 0 Å². The molecular weight excluding hydrogens is 190 g/mol. The minimum atomic E-state index is -0.464. The van der Waals surface area contributed by atoms with Gasteiger partial charge in [-0.05, 0) is 26.0 Å². The van der Waals surface area contributed by atoms with Crippen LogP contribution in [0.2, 0.25) is 0 Å². The van der Waals surface area contributed by atoms with E-state index in [9.17, 15) is 4.79 Å². The number of aromatic nitrogens is 1. The first-order valence-corrected chi connectivity index (χ1v) is 4.93. The van der Waals surface area contributed by atoms with Crippen molar-refractivity contribution in [3.05, 3.63) is 30.1 Å². The molecule has 0 saturated carbocycles. The molecule has 0 atom stereocenters. The highest BCUT2D eigenvalue weighted by Crippen LogP contribution is 2.03. The molecule has 0 bridgehead atoms. The number of rotatable bonds is 4. The predicted molar refractivity (Wildman–Crippen MR) is 59.0 cm³/mol. The molecule has 1 aromatic rings. The third-order valence-corrected chi connectivity index (χ3v) is 1.81. The van der Waals surface area contributed by atoms with E-state index in [2.05, 4.69) is 10.3 Å². The van der Waals surface area contributed by atoms with Gasteiger partial charge in [0.2, 0.25) is 5.91 Å². The van der Waals surface area contributed by atoms with E-state index >= 15 is 0 Å². The Bertz CT molecular complexity index is 316. The van der Waals surface area contributed by atoms with Gasteiger partial charge in [-0.2, -0.15) is 0 Å². The van der Waals surface area contributed by atoms with Crippen LogP contribution in [0.1, 0.15) is 26.0 Å². The summed E-state index contributed by atoms with van der Waals surface area (Å²) in [6, 6.07) is 5.60. The summed E-state index contributed by atoms with van der Waals surface area (Å²) in [5.41, 5.74) is 6.11. The Kier molecular flexibility index (Phi) is 3.80. The Morgan fingerprint density at radius 1 is 1.53 bits per heavy atom. The number of hydrogen-bond acceptors (Lipinski definition) is 3. The highest BCUT2D eigenvalue weighted by Gasteiger charge is 2.15. The summed E-state index contributed by atoms with van der Waals surface area (Å²) in [7, 11) is 0. The molecule has 1 heterocycles. The van der Waals surface area contributed by atoms with Crippen molar-refractivity contribution in [3.8, 4) is 0 Å². The normalized spacial score (nSPS) is 11.1. The Balaban J connectivity index is 2.35. The number of pyridine rings is 1. The average Bonchev–Trinajstić information content (AvgIpc) is 2.14. The lowest BCUT2D eigenvalue weighted by Gasteiger charge is -2.17. The second-order valence-electron chi connectivity index (χ2n) is 4.26. The highest BCUT2D eigenvalue weighted by atomic mass is 16.1. The maximum Gasteiger partial charge on any atom is 0.222 e. The topological polar surface area (TPSA) is 68.0 Å². The minimum Gasteiger partial charge on any atom is -0.350 e. The van der Waals surface area contributed by atoms with Crippen LogP contribution in [0.3, 0.4) is 0 Å². The lowest BCUT2D eigenvalue weighted by atomic mass is 10.0. The average molecular weight is 207 g/mol. The first kappa shape index (κ1) is 11.7. The number of carbonyl (C=O) groups is 1. The van der Waals surface area contributed by atoms with Crippen LogP contribution in [-0.2, 0) is 11.3 Å². The Hall–Kier alpha value is -1.42. The van der Waals surface area contributed by atoms with Gasteiger partial charge in [0, 0.05) is 18.2 Å². The van der Waals surface area contributed by atoms with Gasteiger partial charge >= 0.3 is 0 Å². The first-order chi connectivity index (χ1) is 6.97. The molecule has 82 valence electrons. The fourth-order valence-electron chi connectivity index (χ4n) is 1.17. The molecule has 0 aliphatic heterocycles. The molecule has 3 N–H and O–H groups in total. The molecular formula is C11H17N3O. The first-order valence-electron chi connectivity index (χ1n) is 4.93. The van der Waals surface area contributed by atoms with Crippen LogP contribution in [0.15, 0.2) is 24.4 Å². The summed E-state index contributed by atoms with van der Waals surface area (Å²) in [6.07, 6.45) is 2.02. The van der Waals surface area contributed by atoms with Crippen molar-refractivity contribution in [1.82, 2.24) is 10.3 Å². The van der Waals surface area contributed by atoms with Crippen molar-refractivity contribution in [2.75, 3.05) is 0 Å². The number of carbonyl (C=O) groups excluding carboxylic acids is 1. The third kappa shape index (κ3) is 5.12. The van der Waals surface area contributed by atoms with E-state index in [-0.39, 0.29) is 5.91 Å². The van der Waals surface area contributed by atoms with Gasteiger partial charge < -0.3 is 11.1 Å². The molecule has 1 aromatic heterocycles. The Morgan fingerprint density at radius 3 is 2.80 bits per heavy atom. The zero-order valence-electron chi connectivity index (χ0n) is 9.16. The number of hydrogen-bond donors (Lipinski definition) is 2. The molecule has 4 heteroatoms. The van der Waals surface area contributed by atoms with E-state index in [1.807, 2.05) is 32.0 Å². The van der Waals surface area contributed by atoms with Gasteiger partial charge in [0.05, 0.1) is 12.2 Å². The largest absolute Gasteiger partial charge is 0.350 e. The van der Waals surface area contributed by atoms with Crippen LogP contribution < -0.4 is 11.1 Å². The van der Waals surface area contributed by atoms with Crippen LogP contribution in [0.5, 0.6) is 0 Å². The molecule has 0 fully saturated rings. The van der Waals surface area contributed by atoms with Gasteiger partial charge in [0.25, 0.3) is 0 Å². The standard InChI is InChI=1S/C11H17N3O/c1-11(2,12)7-10(15)14-8-9-5-3-4-6-13-9/h3-6H,7-8,12H2,1-2H3,(H,14,15). The summed E-state index contributed by atoms with van der Waals surface area (Å²) in [5.74, 6) is -0.0480. The van der Waals surface area contributed by atoms with E-state index in [1.165, 1.54) is 0 Å². The van der Waals surface area contributed by atoms with Crippen LogP contribution >= 0.6 is 0 Å². The van der Waals surface area contributed by atoms with Crippen molar-refractivity contribution in [3.63, 3.8) is 0 Å². The van der Waals surface area contributed by atoms with Gasteiger partial charge in [-0.3, -0.25) is 9.78 Å². The lowest BCUT2D eigenvalue weighted by molar-refractivity contribution is -0.122. The van der Waals surface area contributed by atoms with E-state index in [0.29, 0.717) is 13.0 Å². The molecule has 0 aromatic carbocycles. The van der Waals surface area contributed by atoms with E-state index in [0.717, 1.165) is 5.69 Å². The maximum atomic E-state index is 11.4. The molecule has 0 aliphatic carbocycles. The fourth-order valence-corrected chi connectivity index (χ4v) is 1.17. The van der Waals surface area contributed by atoms with Crippen LogP contribution in [0.25, 0.3) is 0 Å². The number of nitrogens with two attached hydrogens (primary N) is 1. The van der Waals surface area contributed by atoms with Crippen molar-refractivity contribution in [1.29, 1.82) is 0 Å². The summed E-state index contributed by atoms with van der Waals surface area (Å²) in [5, 5.41) is 2.77. The fraction of sp³-hybridized carbons (Fsp3) is 0.455. The third-order valence-electron chi connectivity index (χ3n) is 1.81. The van der Waals surface area contributed by atoms with Gasteiger partial charge in [-0.1, -0.05) is 6.07 Å². The summed E-state index contributed by atoms with van der Waals surface area (Å²) < 4.78 is 0.